The van der Waals surface area contributed by atoms with Crippen LogP contribution in [0.25, 0.3) is 0 Å². The van der Waals surface area contributed by atoms with Gasteiger partial charge in [-0.25, -0.2) is 4.79 Å². The number of benzene rings is 1. The van der Waals surface area contributed by atoms with E-state index in [1.54, 1.807) is 19.1 Å². The van der Waals surface area contributed by atoms with Crippen LogP contribution in [0, 0.1) is 0 Å². The van der Waals surface area contributed by atoms with Gasteiger partial charge in [0.15, 0.2) is 0 Å². The Bertz CT molecular complexity index is 528. The zero-order chi connectivity index (χ0) is 15.2. The van der Waals surface area contributed by atoms with Crippen LogP contribution in [0.2, 0.25) is 0 Å². The van der Waals surface area contributed by atoms with Crippen molar-refractivity contribution in [2.45, 2.75) is 25.9 Å². The number of hydrogen-bond acceptors (Lipinski definition) is 5. The van der Waals surface area contributed by atoms with Gasteiger partial charge in [-0.3, -0.25) is 4.79 Å². The fraction of sp³-hybridized carbons (Fsp3) is 0.375. The zero-order valence-corrected chi connectivity index (χ0v) is 12.0. The number of hydrogen-bond donors (Lipinski definition) is 0. The summed E-state index contributed by atoms with van der Waals surface area (Å²) in [6, 6.07) is 7.02. The lowest BCUT2D eigenvalue weighted by Crippen LogP contribution is -2.10. The molecule has 0 amide bonds. The summed E-state index contributed by atoms with van der Waals surface area (Å²) in [6.45, 7) is 6.13. The molecule has 1 fully saturated rings. The summed E-state index contributed by atoms with van der Waals surface area (Å²) in [5.74, 6) is -0.225. The van der Waals surface area contributed by atoms with E-state index in [4.69, 9.17) is 14.2 Å². The molecule has 0 radical (unpaired) electrons. The minimum Gasteiger partial charge on any atom is -0.463 e. The maximum Gasteiger partial charge on any atom is 0.338 e. The van der Waals surface area contributed by atoms with Gasteiger partial charge in [-0.05, 0) is 31.0 Å². The SMILES string of the molecule is C=C(C)C(=O)Oc1ccc(CCC(=O)OCC2CO2)cc1. The summed E-state index contributed by atoms with van der Waals surface area (Å²) in [5, 5.41) is 0. The Morgan fingerprint density at radius 3 is 2.57 bits per heavy atom. The van der Waals surface area contributed by atoms with E-state index in [0.717, 1.165) is 5.56 Å². The number of carbonyl (C=O) groups excluding carboxylic acids is 2. The van der Waals surface area contributed by atoms with Crippen molar-refractivity contribution in [2.24, 2.45) is 0 Å². The Kier molecular flexibility index (Phi) is 5.11. The molecule has 0 saturated carbocycles. The Labute approximate surface area is 123 Å². The quantitative estimate of drug-likeness (QED) is 0.333. The first-order valence-corrected chi connectivity index (χ1v) is 6.78. The second-order valence-electron chi connectivity index (χ2n) is 4.95. The molecule has 0 aliphatic carbocycles. The monoisotopic (exact) mass is 290 g/mol. The van der Waals surface area contributed by atoms with Gasteiger partial charge in [0.2, 0.25) is 0 Å². The largest absolute Gasteiger partial charge is 0.463 e. The van der Waals surface area contributed by atoms with E-state index < -0.39 is 5.97 Å². The molecule has 2 rings (SSSR count). The second-order valence-corrected chi connectivity index (χ2v) is 4.95. The number of aryl methyl sites for hydroxylation is 1. The van der Waals surface area contributed by atoms with Gasteiger partial charge in [-0.1, -0.05) is 18.7 Å². The van der Waals surface area contributed by atoms with Gasteiger partial charge >= 0.3 is 11.9 Å². The van der Waals surface area contributed by atoms with Gasteiger partial charge in [-0.15, -0.1) is 0 Å². The first-order chi connectivity index (χ1) is 10.0. The summed E-state index contributed by atoms with van der Waals surface area (Å²) in [5.41, 5.74) is 1.33. The normalized spacial score (nSPS) is 16.1. The van der Waals surface area contributed by atoms with E-state index in [-0.39, 0.29) is 12.1 Å². The second kappa shape index (κ2) is 7.04. The van der Waals surface area contributed by atoms with Crippen molar-refractivity contribution in [1.29, 1.82) is 0 Å². The minimum absolute atomic E-state index is 0.0937. The molecule has 0 aromatic heterocycles. The van der Waals surface area contributed by atoms with Crippen LogP contribution in [0.15, 0.2) is 36.4 Å². The highest BCUT2D eigenvalue weighted by Gasteiger charge is 2.24. The Balaban J connectivity index is 1.74. The molecule has 0 spiro atoms. The number of carbonyl (C=O) groups is 2. The van der Waals surface area contributed by atoms with Gasteiger partial charge in [0.25, 0.3) is 0 Å². The molecule has 1 aliphatic heterocycles. The van der Waals surface area contributed by atoms with Crippen molar-refractivity contribution in [2.75, 3.05) is 13.2 Å². The molecule has 1 heterocycles. The zero-order valence-electron chi connectivity index (χ0n) is 12.0. The average Bonchev–Trinajstić information content (AvgIpc) is 3.28. The Morgan fingerprint density at radius 2 is 2.00 bits per heavy atom. The summed E-state index contributed by atoms with van der Waals surface area (Å²) in [4.78, 5) is 22.8. The van der Waals surface area contributed by atoms with E-state index in [1.807, 2.05) is 12.1 Å². The van der Waals surface area contributed by atoms with Gasteiger partial charge in [-0.2, -0.15) is 0 Å². The fourth-order valence-electron chi connectivity index (χ4n) is 1.59. The van der Waals surface area contributed by atoms with E-state index in [9.17, 15) is 9.59 Å². The standard InChI is InChI=1S/C16H18O5/c1-11(2)16(18)21-13-6-3-12(4-7-13)5-8-15(17)20-10-14-9-19-14/h3-4,6-7,14H,1,5,8-10H2,2H3. The van der Waals surface area contributed by atoms with E-state index in [1.165, 1.54) is 0 Å². The molecule has 0 N–H and O–H groups in total. The summed E-state index contributed by atoms with van der Waals surface area (Å²) >= 11 is 0. The van der Waals surface area contributed by atoms with E-state index in [0.29, 0.717) is 37.4 Å². The third-order valence-electron chi connectivity index (χ3n) is 2.93. The number of esters is 2. The van der Waals surface area contributed by atoms with Gasteiger partial charge < -0.3 is 14.2 Å². The highest BCUT2D eigenvalue weighted by molar-refractivity contribution is 5.88. The molecule has 5 heteroatoms. The summed E-state index contributed by atoms with van der Waals surface area (Å²) < 4.78 is 15.1. The average molecular weight is 290 g/mol. The van der Waals surface area contributed by atoms with E-state index >= 15 is 0 Å². The summed E-state index contributed by atoms with van der Waals surface area (Å²) in [6.07, 6.45) is 0.993. The molecule has 21 heavy (non-hydrogen) atoms. The maximum absolute atomic E-state index is 11.5. The van der Waals surface area contributed by atoms with Crippen molar-refractivity contribution >= 4 is 11.9 Å². The molecule has 1 saturated heterocycles. The van der Waals surface area contributed by atoms with Crippen LogP contribution in [-0.2, 0) is 25.5 Å². The minimum atomic E-state index is -0.450. The predicted octanol–water partition coefficient (Wildman–Crippen LogP) is 2.04. The molecular weight excluding hydrogens is 272 g/mol. The summed E-state index contributed by atoms with van der Waals surface area (Å²) in [7, 11) is 0. The van der Waals surface area contributed by atoms with Crippen molar-refractivity contribution < 1.29 is 23.8 Å². The third kappa shape index (κ3) is 5.39. The molecule has 1 atom stereocenters. The number of rotatable bonds is 7. The number of epoxide rings is 1. The first kappa shape index (κ1) is 15.3. The number of ether oxygens (including phenoxy) is 3. The highest BCUT2D eigenvalue weighted by Crippen LogP contribution is 2.15. The lowest BCUT2D eigenvalue weighted by atomic mass is 10.1. The van der Waals surface area contributed by atoms with Gasteiger partial charge in [0.05, 0.1) is 6.61 Å². The molecule has 1 aliphatic rings. The molecule has 1 unspecified atom stereocenters. The fourth-order valence-corrected chi connectivity index (χ4v) is 1.59. The molecule has 112 valence electrons. The Hall–Kier alpha value is -2.14. The van der Waals surface area contributed by atoms with E-state index in [2.05, 4.69) is 6.58 Å². The van der Waals surface area contributed by atoms with Gasteiger partial charge in [0, 0.05) is 12.0 Å². The molecule has 1 aromatic carbocycles. The maximum atomic E-state index is 11.5. The lowest BCUT2D eigenvalue weighted by molar-refractivity contribution is -0.144. The first-order valence-electron chi connectivity index (χ1n) is 6.78. The van der Waals surface area contributed by atoms with Crippen molar-refractivity contribution in [3.8, 4) is 5.75 Å². The van der Waals surface area contributed by atoms with Crippen LogP contribution < -0.4 is 4.74 Å². The topological polar surface area (TPSA) is 65.1 Å². The van der Waals surface area contributed by atoms with Gasteiger partial charge in [0.1, 0.15) is 18.5 Å². The van der Waals surface area contributed by atoms with Crippen molar-refractivity contribution in [3.63, 3.8) is 0 Å². The smallest absolute Gasteiger partial charge is 0.338 e. The molecular formula is C16H18O5. The van der Waals surface area contributed by atoms with Crippen LogP contribution in [0.3, 0.4) is 0 Å². The van der Waals surface area contributed by atoms with Crippen molar-refractivity contribution in [3.05, 3.63) is 42.0 Å². The predicted molar refractivity (Wildman–Crippen MR) is 75.9 cm³/mol. The molecule has 1 aromatic rings. The van der Waals surface area contributed by atoms with Crippen LogP contribution >= 0.6 is 0 Å². The Morgan fingerprint density at radius 1 is 1.33 bits per heavy atom. The third-order valence-corrected chi connectivity index (χ3v) is 2.93. The highest BCUT2D eigenvalue weighted by atomic mass is 16.6. The van der Waals surface area contributed by atoms with Crippen LogP contribution in [0.1, 0.15) is 18.9 Å². The van der Waals surface area contributed by atoms with Crippen LogP contribution in [0.4, 0.5) is 0 Å². The molecule has 0 bridgehead atoms. The van der Waals surface area contributed by atoms with Crippen molar-refractivity contribution in [1.82, 2.24) is 0 Å². The lowest BCUT2D eigenvalue weighted by Gasteiger charge is -2.06. The van der Waals surface area contributed by atoms with Crippen LogP contribution in [0.5, 0.6) is 5.75 Å². The molecule has 5 nitrogen and oxygen atoms in total. The van der Waals surface area contributed by atoms with Crippen LogP contribution in [-0.4, -0.2) is 31.3 Å².